The zero-order valence-corrected chi connectivity index (χ0v) is 10.5. The van der Waals surface area contributed by atoms with Gasteiger partial charge in [0.1, 0.15) is 17.9 Å². The van der Waals surface area contributed by atoms with E-state index in [9.17, 15) is 18.0 Å². The normalized spacial score (nSPS) is 11.8. The molecule has 0 bridgehead atoms. The van der Waals surface area contributed by atoms with E-state index in [2.05, 4.69) is 10.2 Å². The molecule has 9 heteroatoms. The highest BCUT2D eigenvalue weighted by atomic mass is 19.4. The second kappa shape index (κ2) is 4.66. The standard InChI is InChI=1S/C11H10F3N3O3/c1-5-3-7(11(12,13)14)17(9(5)10(18)19)4-8-16-15-6(2)20-8/h3H,4H2,1-2H3,(H,18,19). The first-order valence-electron chi connectivity index (χ1n) is 5.49. The van der Waals surface area contributed by atoms with E-state index in [1.807, 2.05) is 0 Å². The van der Waals surface area contributed by atoms with Gasteiger partial charge in [-0.2, -0.15) is 13.2 Å². The van der Waals surface area contributed by atoms with Crippen LogP contribution in [0.3, 0.4) is 0 Å². The number of carboxylic acids is 1. The van der Waals surface area contributed by atoms with E-state index in [0.717, 1.165) is 6.07 Å². The predicted octanol–water partition coefficient (Wildman–Crippen LogP) is 2.25. The van der Waals surface area contributed by atoms with Gasteiger partial charge in [0.05, 0.1) is 0 Å². The molecule has 1 N–H and O–H groups in total. The van der Waals surface area contributed by atoms with Crippen molar-refractivity contribution in [2.75, 3.05) is 0 Å². The number of rotatable bonds is 3. The van der Waals surface area contributed by atoms with Crippen LogP contribution in [0.1, 0.15) is 33.5 Å². The van der Waals surface area contributed by atoms with Crippen LogP contribution in [0.5, 0.6) is 0 Å². The molecule has 2 aromatic rings. The summed E-state index contributed by atoms with van der Waals surface area (Å²) in [6, 6.07) is 0.784. The van der Waals surface area contributed by atoms with E-state index in [0.29, 0.717) is 4.57 Å². The smallest absolute Gasteiger partial charge is 0.431 e. The van der Waals surface area contributed by atoms with E-state index in [-0.39, 0.29) is 17.3 Å². The number of aromatic carboxylic acids is 1. The molecule has 2 aromatic heterocycles. The summed E-state index contributed by atoms with van der Waals surface area (Å²) in [6.45, 7) is 2.33. The molecule has 0 unspecified atom stereocenters. The number of nitrogens with zero attached hydrogens (tertiary/aromatic N) is 3. The fourth-order valence-electron chi connectivity index (χ4n) is 1.90. The number of alkyl halides is 3. The lowest BCUT2D eigenvalue weighted by Gasteiger charge is -2.11. The van der Waals surface area contributed by atoms with Gasteiger partial charge < -0.3 is 14.1 Å². The third kappa shape index (κ3) is 2.51. The van der Waals surface area contributed by atoms with Gasteiger partial charge in [0.2, 0.25) is 11.8 Å². The number of hydrogen-bond acceptors (Lipinski definition) is 4. The Morgan fingerprint density at radius 3 is 2.50 bits per heavy atom. The topological polar surface area (TPSA) is 81.2 Å². The minimum atomic E-state index is -4.67. The van der Waals surface area contributed by atoms with Gasteiger partial charge in [0.25, 0.3) is 0 Å². The largest absolute Gasteiger partial charge is 0.477 e. The van der Waals surface area contributed by atoms with Gasteiger partial charge in [-0.3, -0.25) is 0 Å². The zero-order valence-electron chi connectivity index (χ0n) is 10.5. The number of halogens is 3. The average molecular weight is 289 g/mol. The van der Waals surface area contributed by atoms with Crippen LogP contribution in [0.15, 0.2) is 10.5 Å². The van der Waals surface area contributed by atoms with Gasteiger partial charge in [-0.25, -0.2) is 4.79 Å². The van der Waals surface area contributed by atoms with Crippen molar-refractivity contribution in [1.29, 1.82) is 0 Å². The molecule has 0 radical (unpaired) electrons. The Hall–Kier alpha value is -2.32. The maximum atomic E-state index is 12.9. The lowest BCUT2D eigenvalue weighted by molar-refractivity contribution is -0.143. The van der Waals surface area contributed by atoms with Crippen molar-refractivity contribution >= 4 is 5.97 Å². The van der Waals surface area contributed by atoms with Gasteiger partial charge in [0.15, 0.2) is 0 Å². The van der Waals surface area contributed by atoms with Crippen molar-refractivity contribution in [3.05, 3.63) is 34.8 Å². The van der Waals surface area contributed by atoms with Crippen LogP contribution in [0, 0.1) is 13.8 Å². The summed E-state index contributed by atoms with van der Waals surface area (Å²) in [5.74, 6) is -1.35. The van der Waals surface area contributed by atoms with Gasteiger partial charge in [-0.1, -0.05) is 0 Å². The first-order valence-corrected chi connectivity index (χ1v) is 5.49. The Labute approximate surface area is 110 Å². The summed E-state index contributed by atoms with van der Waals surface area (Å²) in [5, 5.41) is 16.1. The highest BCUT2D eigenvalue weighted by Crippen LogP contribution is 2.33. The maximum absolute atomic E-state index is 12.9. The van der Waals surface area contributed by atoms with Crippen molar-refractivity contribution < 1.29 is 27.5 Å². The summed E-state index contributed by atoms with van der Waals surface area (Å²) >= 11 is 0. The minimum Gasteiger partial charge on any atom is -0.477 e. The molecule has 0 atom stereocenters. The highest BCUT2D eigenvalue weighted by Gasteiger charge is 2.37. The molecule has 0 spiro atoms. The summed E-state index contributed by atoms with van der Waals surface area (Å²) in [5.41, 5.74) is -1.50. The molecular formula is C11H10F3N3O3. The van der Waals surface area contributed by atoms with Crippen molar-refractivity contribution in [3.8, 4) is 0 Å². The number of hydrogen-bond donors (Lipinski definition) is 1. The second-order valence-corrected chi connectivity index (χ2v) is 4.17. The van der Waals surface area contributed by atoms with Crippen LogP contribution in [0.2, 0.25) is 0 Å². The lowest BCUT2D eigenvalue weighted by Crippen LogP contribution is -2.18. The first-order chi connectivity index (χ1) is 9.20. The monoisotopic (exact) mass is 289 g/mol. The molecule has 0 saturated carbocycles. The molecule has 2 rings (SSSR count). The molecule has 0 aliphatic rings. The summed E-state index contributed by atoms with van der Waals surface area (Å²) in [4.78, 5) is 11.1. The molecule has 20 heavy (non-hydrogen) atoms. The van der Waals surface area contributed by atoms with E-state index in [1.54, 1.807) is 0 Å². The molecule has 0 amide bonds. The van der Waals surface area contributed by atoms with Crippen molar-refractivity contribution in [1.82, 2.24) is 14.8 Å². The molecular weight excluding hydrogens is 279 g/mol. The van der Waals surface area contributed by atoms with E-state index < -0.39 is 30.1 Å². The maximum Gasteiger partial charge on any atom is 0.431 e. The minimum absolute atomic E-state index is 0.0149. The average Bonchev–Trinajstić information content (AvgIpc) is 2.82. The van der Waals surface area contributed by atoms with Crippen molar-refractivity contribution in [2.24, 2.45) is 0 Å². The summed E-state index contributed by atoms with van der Waals surface area (Å²) in [6.07, 6.45) is -4.67. The zero-order chi connectivity index (χ0) is 15.1. The van der Waals surface area contributed by atoms with Crippen LogP contribution in [-0.4, -0.2) is 25.8 Å². The fraction of sp³-hybridized carbons (Fsp3) is 0.364. The van der Waals surface area contributed by atoms with Crippen LogP contribution >= 0.6 is 0 Å². The molecule has 0 aliphatic heterocycles. The molecule has 108 valence electrons. The number of aromatic nitrogens is 3. The number of carboxylic acid groups (broad SMARTS) is 1. The quantitative estimate of drug-likeness (QED) is 0.937. The van der Waals surface area contributed by atoms with E-state index >= 15 is 0 Å². The van der Waals surface area contributed by atoms with Gasteiger partial charge in [-0.05, 0) is 18.6 Å². The molecule has 0 fully saturated rings. The Kier molecular flexibility index (Phi) is 3.28. The van der Waals surface area contributed by atoms with Crippen molar-refractivity contribution in [3.63, 3.8) is 0 Å². The van der Waals surface area contributed by atoms with Crippen LogP contribution in [-0.2, 0) is 12.7 Å². The Bertz CT molecular complexity index is 658. The summed E-state index contributed by atoms with van der Waals surface area (Å²) in [7, 11) is 0. The van der Waals surface area contributed by atoms with E-state index in [4.69, 9.17) is 9.52 Å². The Morgan fingerprint density at radius 2 is 2.05 bits per heavy atom. The van der Waals surface area contributed by atoms with Gasteiger partial charge >= 0.3 is 12.1 Å². The third-order valence-electron chi connectivity index (χ3n) is 2.64. The fourth-order valence-corrected chi connectivity index (χ4v) is 1.90. The van der Waals surface area contributed by atoms with Crippen LogP contribution in [0.4, 0.5) is 13.2 Å². The van der Waals surface area contributed by atoms with Crippen molar-refractivity contribution in [2.45, 2.75) is 26.6 Å². The van der Waals surface area contributed by atoms with Gasteiger partial charge in [0, 0.05) is 6.92 Å². The molecule has 2 heterocycles. The Balaban J connectivity index is 2.55. The molecule has 6 nitrogen and oxygen atoms in total. The second-order valence-electron chi connectivity index (χ2n) is 4.17. The van der Waals surface area contributed by atoms with Gasteiger partial charge in [-0.15, -0.1) is 10.2 Å². The molecule has 0 aliphatic carbocycles. The number of carbonyl (C=O) groups is 1. The summed E-state index contributed by atoms with van der Waals surface area (Å²) < 4.78 is 44.4. The van der Waals surface area contributed by atoms with Crippen LogP contribution < -0.4 is 0 Å². The predicted molar refractivity (Wildman–Crippen MR) is 59.3 cm³/mol. The first kappa shape index (κ1) is 14.1. The Morgan fingerprint density at radius 1 is 1.40 bits per heavy atom. The number of aryl methyl sites for hydroxylation is 2. The van der Waals surface area contributed by atoms with Crippen LogP contribution in [0.25, 0.3) is 0 Å². The third-order valence-corrected chi connectivity index (χ3v) is 2.64. The molecule has 0 saturated heterocycles. The van der Waals surface area contributed by atoms with E-state index in [1.165, 1.54) is 13.8 Å². The lowest BCUT2D eigenvalue weighted by atomic mass is 10.2. The molecule has 0 aromatic carbocycles. The highest BCUT2D eigenvalue weighted by molar-refractivity contribution is 5.88. The SMILES string of the molecule is Cc1nnc(Cn2c(C(F)(F)F)cc(C)c2C(=O)O)o1.